The fourth-order valence-corrected chi connectivity index (χ4v) is 2.54. The van der Waals surface area contributed by atoms with Gasteiger partial charge >= 0.3 is 0 Å². The van der Waals surface area contributed by atoms with Crippen molar-refractivity contribution in [2.75, 3.05) is 5.73 Å². The lowest BCUT2D eigenvalue weighted by atomic mass is 10.1. The van der Waals surface area contributed by atoms with E-state index in [1.54, 1.807) is 23.0 Å². The third kappa shape index (κ3) is 2.93. The van der Waals surface area contributed by atoms with Crippen LogP contribution < -0.4 is 5.73 Å². The smallest absolute Gasteiger partial charge is 0.116 e. The fourth-order valence-electron chi connectivity index (χ4n) is 1.98. The predicted molar refractivity (Wildman–Crippen MR) is 91.1 cm³/mol. The van der Waals surface area contributed by atoms with Gasteiger partial charge in [-0.1, -0.05) is 51.3 Å². The molecule has 0 atom stereocenters. The lowest BCUT2D eigenvalue weighted by molar-refractivity contribution is 0.884. The van der Waals surface area contributed by atoms with Gasteiger partial charge in [0.25, 0.3) is 0 Å². The van der Waals surface area contributed by atoms with Crippen LogP contribution in [0.2, 0.25) is 10.0 Å². The van der Waals surface area contributed by atoms with Crippen LogP contribution in [0.5, 0.6) is 0 Å². The Morgan fingerprint density at radius 1 is 1.00 bits per heavy atom. The van der Waals surface area contributed by atoms with Crippen molar-refractivity contribution in [3.8, 4) is 16.9 Å². The van der Waals surface area contributed by atoms with E-state index in [4.69, 9.17) is 28.9 Å². The number of halogens is 3. The minimum atomic E-state index is 0.480. The van der Waals surface area contributed by atoms with Crippen LogP contribution in [0.3, 0.4) is 0 Å². The fraction of sp³-hybridized carbons (Fsp3) is 0. The summed E-state index contributed by atoms with van der Waals surface area (Å²) in [4.78, 5) is 0. The zero-order chi connectivity index (χ0) is 15.0. The lowest BCUT2D eigenvalue weighted by Gasteiger charge is -2.03. The number of hydrogen-bond donors (Lipinski definition) is 1. The van der Waals surface area contributed by atoms with Gasteiger partial charge in [0.05, 0.1) is 27.6 Å². The Bertz CT molecular complexity index is 797. The van der Waals surface area contributed by atoms with Gasteiger partial charge in [0, 0.05) is 10.0 Å². The van der Waals surface area contributed by atoms with Crippen molar-refractivity contribution in [2.45, 2.75) is 0 Å². The molecule has 2 N–H and O–H groups in total. The zero-order valence-electron chi connectivity index (χ0n) is 10.7. The first-order chi connectivity index (χ1) is 10.0. The van der Waals surface area contributed by atoms with Crippen LogP contribution in [0.1, 0.15) is 0 Å². The van der Waals surface area contributed by atoms with Gasteiger partial charge in [0.1, 0.15) is 5.69 Å². The van der Waals surface area contributed by atoms with E-state index in [0.29, 0.717) is 15.7 Å². The van der Waals surface area contributed by atoms with Gasteiger partial charge in [-0.25, -0.2) is 4.68 Å². The van der Waals surface area contributed by atoms with Crippen molar-refractivity contribution in [2.24, 2.45) is 0 Å². The first-order valence-corrected chi connectivity index (χ1v) is 7.66. The summed E-state index contributed by atoms with van der Waals surface area (Å²) in [7, 11) is 0. The molecule has 3 aromatic rings. The minimum absolute atomic E-state index is 0.480. The molecule has 3 nitrogen and oxygen atoms in total. The van der Waals surface area contributed by atoms with Crippen LogP contribution in [-0.2, 0) is 0 Å². The van der Waals surface area contributed by atoms with Gasteiger partial charge < -0.3 is 5.73 Å². The van der Waals surface area contributed by atoms with E-state index in [2.05, 4.69) is 21.0 Å². The van der Waals surface area contributed by atoms with E-state index in [1.165, 1.54) is 0 Å². The topological polar surface area (TPSA) is 43.8 Å². The van der Waals surface area contributed by atoms with E-state index >= 15 is 0 Å². The molecule has 1 aromatic heterocycles. The van der Waals surface area contributed by atoms with E-state index < -0.39 is 0 Å². The molecule has 0 saturated heterocycles. The van der Waals surface area contributed by atoms with Gasteiger partial charge in [-0.3, -0.25) is 0 Å². The number of nitrogens with zero attached hydrogens (tertiary/aromatic N) is 2. The molecule has 0 spiro atoms. The summed E-state index contributed by atoms with van der Waals surface area (Å²) in [6.45, 7) is 0. The predicted octanol–water partition coefficient (Wildman–Crippen LogP) is 5.19. The van der Waals surface area contributed by atoms with Gasteiger partial charge in [0.15, 0.2) is 0 Å². The molecule has 0 fully saturated rings. The molecule has 0 aliphatic carbocycles. The highest BCUT2D eigenvalue weighted by molar-refractivity contribution is 9.10. The van der Waals surface area contributed by atoms with Crippen LogP contribution in [0.4, 0.5) is 5.69 Å². The Balaban J connectivity index is 2.04. The van der Waals surface area contributed by atoms with Gasteiger partial charge in [-0.15, -0.1) is 0 Å². The molecule has 0 saturated carbocycles. The first kappa shape index (κ1) is 14.4. The molecule has 21 heavy (non-hydrogen) atoms. The van der Waals surface area contributed by atoms with Crippen molar-refractivity contribution >= 4 is 44.8 Å². The number of aromatic nitrogens is 2. The Morgan fingerprint density at radius 2 is 1.71 bits per heavy atom. The van der Waals surface area contributed by atoms with Crippen LogP contribution in [0.15, 0.2) is 53.1 Å². The standard InChI is InChI=1S/C15H10BrCl2N3/c16-10-3-1-9(2-4-10)15-14(19)8-21(20-15)11-5-6-12(17)13(18)7-11/h1-8H,19H2. The second-order valence-corrected chi connectivity index (χ2v) is 6.21. The highest BCUT2D eigenvalue weighted by atomic mass is 79.9. The third-order valence-corrected chi connectivity index (χ3v) is 4.30. The number of nitrogen functional groups attached to an aromatic ring is 1. The van der Waals surface area contributed by atoms with Crippen molar-refractivity contribution in [3.63, 3.8) is 0 Å². The summed E-state index contributed by atoms with van der Waals surface area (Å²) in [6, 6.07) is 13.1. The summed E-state index contributed by atoms with van der Waals surface area (Å²) >= 11 is 15.4. The van der Waals surface area contributed by atoms with Crippen LogP contribution in [-0.4, -0.2) is 9.78 Å². The molecule has 3 rings (SSSR count). The van der Waals surface area contributed by atoms with E-state index in [1.807, 2.05) is 30.3 Å². The SMILES string of the molecule is Nc1cn(-c2ccc(Cl)c(Cl)c2)nc1-c1ccc(Br)cc1. The summed E-state index contributed by atoms with van der Waals surface area (Å²) in [5, 5.41) is 5.51. The lowest BCUT2D eigenvalue weighted by Crippen LogP contribution is -1.94. The Labute approximate surface area is 140 Å². The normalized spacial score (nSPS) is 10.8. The summed E-state index contributed by atoms with van der Waals surface area (Å²) in [6.07, 6.45) is 1.76. The number of benzene rings is 2. The average molecular weight is 383 g/mol. The number of rotatable bonds is 2. The molecule has 0 aliphatic heterocycles. The number of anilines is 1. The number of nitrogens with two attached hydrogens (primary N) is 1. The van der Waals surface area contributed by atoms with Crippen molar-refractivity contribution in [3.05, 3.63) is 63.2 Å². The highest BCUT2D eigenvalue weighted by Crippen LogP contribution is 2.29. The van der Waals surface area contributed by atoms with Gasteiger partial charge in [-0.05, 0) is 30.3 Å². The average Bonchev–Trinajstić information content (AvgIpc) is 2.85. The Kier molecular flexibility index (Phi) is 3.93. The largest absolute Gasteiger partial charge is 0.396 e. The Hall–Kier alpha value is -1.49. The van der Waals surface area contributed by atoms with E-state index in [9.17, 15) is 0 Å². The maximum Gasteiger partial charge on any atom is 0.116 e. The zero-order valence-corrected chi connectivity index (χ0v) is 13.8. The highest BCUT2D eigenvalue weighted by Gasteiger charge is 2.10. The summed E-state index contributed by atoms with van der Waals surface area (Å²) in [5.41, 5.74) is 9.15. The molecule has 0 radical (unpaired) electrons. The van der Waals surface area contributed by atoms with Crippen molar-refractivity contribution < 1.29 is 0 Å². The second-order valence-electron chi connectivity index (χ2n) is 4.48. The molecular weight excluding hydrogens is 373 g/mol. The van der Waals surface area contributed by atoms with E-state index in [-0.39, 0.29) is 0 Å². The molecule has 0 aliphatic rings. The van der Waals surface area contributed by atoms with Gasteiger partial charge in [0.2, 0.25) is 0 Å². The van der Waals surface area contributed by atoms with Crippen molar-refractivity contribution in [1.29, 1.82) is 0 Å². The number of hydrogen-bond acceptors (Lipinski definition) is 2. The molecule has 0 amide bonds. The maximum atomic E-state index is 6.06. The molecule has 6 heteroatoms. The first-order valence-electron chi connectivity index (χ1n) is 6.11. The van der Waals surface area contributed by atoms with Crippen LogP contribution >= 0.6 is 39.1 Å². The molecule has 1 heterocycles. The summed E-state index contributed by atoms with van der Waals surface area (Å²) < 4.78 is 2.70. The molecular formula is C15H10BrCl2N3. The van der Waals surface area contributed by atoms with Crippen LogP contribution in [0, 0.1) is 0 Å². The molecule has 0 unspecified atom stereocenters. The van der Waals surface area contributed by atoms with Gasteiger partial charge in [-0.2, -0.15) is 5.10 Å². The van der Waals surface area contributed by atoms with Crippen molar-refractivity contribution in [1.82, 2.24) is 9.78 Å². The minimum Gasteiger partial charge on any atom is -0.396 e. The Morgan fingerprint density at radius 3 is 2.38 bits per heavy atom. The second kappa shape index (κ2) is 5.72. The maximum absolute atomic E-state index is 6.06. The quantitative estimate of drug-likeness (QED) is 0.662. The summed E-state index contributed by atoms with van der Waals surface area (Å²) in [5.74, 6) is 0. The monoisotopic (exact) mass is 381 g/mol. The molecule has 106 valence electrons. The third-order valence-electron chi connectivity index (χ3n) is 3.03. The van der Waals surface area contributed by atoms with Crippen LogP contribution in [0.25, 0.3) is 16.9 Å². The molecule has 2 aromatic carbocycles. The molecule has 0 bridgehead atoms. The van der Waals surface area contributed by atoms with E-state index in [0.717, 1.165) is 21.4 Å².